The molecule has 1 atom stereocenters. The van der Waals surface area contributed by atoms with E-state index in [0.29, 0.717) is 6.54 Å². The van der Waals surface area contributed by atoms with Crippen LogP contribution in [-0.2, 0) is 14.3 Å². The molecule has 0 saturated carbocycles. The molecule has 1 amide bonds. The van der Waals surface area contributed by atoms with Crippen LogP contribution in [0.1, 0.15) is 31.4 Å². The SMILES string of the molecule is CCCNC(=O)C(C)OC(=O)CSc1cc(C)c(Br)cc1C. The summed E-state index contributed by atoms with van der Waals surface area (Å²) in [5, 5.41) is 2.71. The number of carbonyl (C=O) groups excluding carboxylic acids is 2. The number of hydrogen-bond acceptors (Lipinski definition) is 4. The number of rotatable bonds is 7. The minimum absolute atomic E-state index is 0.188. The Morgan fingerprint density at radius 3 is 2.64 bits per heavy atom. The van der Waals surface area contributed by atoms with Crippen molar-refractivity contribution < 1.29 is 14.3 Å². The number of benzene rings is 1. The monoisotopic (exact) mass is 387 g/mol. The number of hydrogen-bond donors (Lipinski definition) is 1. The molecule has 0 saturated heterocycles. The number of aryl methyl sites for hydroxylation is 2. The van der Waals surface area contributed by atoms with E-state index in [1.807, 2.05) is 32.9 Å². The molecule has 0 bridgehead atoms. The minimum Gasteiger partial charge on any atom is -0.452 e. The van der Waals surface area contributed by atoms with Gasteiger partial charge in [-0.15, -0.1) is 11.8 Å². The lowest BCUT2D eigenvalue weighted by Gasteiger charge is -2.13. The largest absolute Gasteiger partial charge is 0.452 e. The Bertz CT molecular complexity index is 548. The van der Waals surface area contributed by atoms with Crippen LogP contribution in [0.15, 0.2) is 21.5 Å². The highest BCUT2D eigenvalue weighted by molar-refractivity contribution is 9.10. The quantitative estimate of drug-likeness (QED) is 0.573. The van der Waals surface area contributed by atoms with Gasteiger partial charge >= 0.3 is 5.97 Å². The van der Waals surface area contributed by atoms with Gasteiger partial charge in [-0.25, -0.2) is 0 Å². The van der Waals surface area contributed by atoms with E-state index < -0.39 is 6.10 Å². The Labute approximate surface area is 144 Å². The van der Waals surface area contributed by atoms with Crippen LogP contribution in [0.4, 0.5) is 0 Å². The maximum Gasteiger partial charge on any atom is 0.317 e. The second kappa shape index (κ2) is 9.20. The Kier molecular flexibility index (Phi) is 7.96. The van der Waals surface area contributed by atoms with Crippen molar-refractivity contribution in [3.8, 4) is 0 Å². The number of ether oxygens (including phenoxy) is 1. The summed E-state index contributed by atoms with van der Waals surface area (Å²) < 4.78 is 6.20. The Morgan fingerprint density at radius 1 is 1.32 bits per heavy atom. The lowest BCUT2D eigenvalue weighted by molar-refractivity contribution is -0.152. The zero-order chi connectivity index (χ0) is 16.7. The number of halogens is 1. The fourth-order valence-corrected chi connectivity index (χ4v) is 3.07. The molecule has 1 rings (SSSR count). The molecule has 0 aliphatic carbocycles. The second-order valence-electron chi connectivity index (χ2n) is 5.08. The van der Waals surface area contributed by atoms with Gasteiger partial charge in [0.15, 0.2) is 6.10 Å². The van der Waals surface area contributed by atoms with E-state index in [4.69, 9.17) is 4.74 Å². The molecule has 1 aromatic carbocycles. The maximum atomic E-state index is 11.8. The van der Waals surface area contributed by atoms with Crippen LogP contribution in [0.5, 0.6) is 0 Å². The van der Waals surface area contributed by atoms with Gasteiger partial charge in [-0.1, -0.05) is 22.9 Å². The summed E-state index contributed by atoms with van der Waals surface area (Å²) in [7, 11) is 0. The fourth-order valence-electron chi connectivity index (χ4n) is 1.72. The van der Waals surface area contributed by atoms with E-state index in [-0.39, 0.29) is 17.6 Å². The topological polar surface area (TPSA) is 55.4 Å². The third-order valence-electron chi connectivity index (χ3n) is 3.03. The summed E-state index contributed by atoms with van der Waals surface area (Å²) in [6.07, 6.45) is 0.0946. The number of esters is 1. The van der Waals surface area contributed by atoms with Gasteiger partial charge in [0, 0.05) is 15.9 Å². The molecule has 122 valence electrons. The smallest absolute Gasteiger partial charge is 0.317 e. The van der Waals surface area contributed by atoms with Gasteiger partial charge in [0.2, 0.25) is 0 Å². The number of amides is 1. The average Bonchev–Trinajstić information content (AvgIpc) is 2.46. The molecule has 1 N–H and O–H groups in total. The number of thioether (sulfide) groups is 1. The molecule has 0 heterocycles. The standard InChI is InChI=1S/C16H22BrNO3S/c1-5-6-18-16(20)12(4)21-15(19)9-22-14-8-10(2)13(17)7-11(14)3/h7-8,12H,5-6,9H2,1-4H3,(H,18,20). The first kappa shape index (κ1) is 19.0. The van der Waals surface area contributed by atoms with Gasteiger partial charge in [0.25, 0.3) is 5.91 Å². The van der Waals surface area contributed by atoms with Crippen molar-refractivity contribution in [3.63, 3.8) is 0 Å². The fraction of sp³-hybridized carbons (Fsp3) is 0.500. The zero-order valence-electron chi connectivity index (χ0n) is 13.4. The first-order chi connectivity index (χ1) is 10.3. The molecule has 0 aromatic heterocycles. The molecule has 0 fully saturated rings. The highest BCUT2D eigenvalue weighted by Gasteiger charge is 2.17. The van der Waals surface area contributed by atoms with E-state index in [9.17, 15) is 9.59 Å². The molecule has 0 spiro atoms. The van der Waals surface area contributed by atoms with Crippen molar-refractivity contribution in [3.05, 3.63) is 27.7 Å². The first-order valence-electron chi connectivity index (χ1n) is 7.21. The van der Waals surface area contributed by atoms with Crippen molar-refractivity contribution >= 4 is 39.6 Å². The maximum absolute atomic E-state index is 11.8. The summed E-state index contributed by atoms with van der Waals surface area (Å²) in [6.45, 7) is 8.15. The lowest BCUT2D eigenvalue weighted by Crippen LogP contribution is -2.36. The van der Waals surface area contributed by atoms with Gasteiger partial charge in [-0.05, 0) is 50.5 Å². The van der Waals surface area contributed by atoms with E-state index in [1.54, 1.807) is 6.92 Å². The van der Waals surface area contributed by atoms with E-state index in [2.05, 4.69) is 21.2 Å². The predicted octanol–water partition coefficient (Wildman–Crippen LogP) is 3.62. The van der Waals surface area contributed by atoms with Crippen LogP contribution in [0, 0.1) is 13.8 Å². The van der Waals surface area contributed by atoms with Crippen LogP contribution in [0.2, 0.25) is 0 Å². The summed E-state index contributed by atoms with van der Waals surface area (Å²) >= 11 is 4.91. The van der Waals surface area contributed by atoms with Gasteiger partial charge in [-0.2, -0.15) is 0 Å². The Balaban J connectivity index is 2.49. The average molecular weight is 388 g/mol. The Hall–Kier alpha value is -1.01. The van der Waals surface area contributed by atoms with Crippen LogP contribution in [-0.4, -0.2) is 30.3 Å². The molecule has 6 heteroatoms. The van der Waals surface area contributed by atoms with Crippen molar-refractivity contribution in [2.24, 2.45) is 0 Å². The summed E-state index contributed by atoms with van der Waals surface area (Å²) in [4.78, 5) is 24.5. The van der Waals surface area contributed by atoms with Crippen molar-refractivity contribution in [2.45, 2.75) is 45.1 Å². The zero-order valence-corrected chi connectivity index (χ0v) is 15.8. The highest BCUT2D eigenvalue weighted by atomic mass is 79.9. The summed E-state index contributed by atoms with van der Waals surface area (Å²) in [6, 6.07) is 4.07. The van der Waals surface area contributed by atoms with Crippen LogP contribution in [0.3, 0.4) is 0 Å². The molecular formula is C16H22BrNO3S. The molecular weight excluding hydrogens is 366 g/mol. The van der Waals surface area contributed by atoms with Crippen LogP contribution >= 0.6 is 27.7 Å². The summed E-state index contributed by atoms with van der Waals surface area (Å²) in [5.74, 6) is -0.451. The second-order valence-corrected chi connectivity index (χ2v) is 6.95. The lowest BCUT2D eigenvalue weighted by atomic mass is 10.2. The van der Waals surface area contributed by atoms with Crippen molar-refractivity contribution in [1.82, 2.24) is 5.32 Å². The van der Waals surface area contributed by atoms with Crippen LogP contribution < -0.4 is 5.32 Å². The van der Waals surface area contributed by atoms with Gasteiger partial charge in [-0.3, -0.25) is 9.59 Å². The molecule has 1 unspecified atom stereocenters. The van der Waals surface area contributed by atoms with Crippen molar-refractivity contribution in [2.75, 3.05) is 12.3 Å². The Morgan fingerprint density at radius 2 is 2.00 bits per heavy atom. The third-order valence-corrected chi connectivity index (χ3v) is 5.01. The first-order valence-corrected chi connectivity index (χ1v) is 8.99. The molecule has 1 aromatic rings. The van der Waals surface area contributed by atoms with Crippen LogP contribution in [0.25, 0.3) is 0 Å². The van der Waals surface area contributed by atoms with E-state index in [0.717, 1.165) is 26.9 Å². The van der Waals surface area contributed by atoms with Gasteiger partial charge < -0.3 is 10.1 Å². The third kappa shape index (κ3) is 6.01. The molecule has 0 aliphatic heterocycles. The van der Waals surface area contributed by atoms with Gasteiger partial charge in [0.1, 0.15) is 0 Å². The van der Waals surface area contributed by atoms with E-state index in [1.165, 1.54) is 11.8 Å². The number of nitrogens with one attached hydrogen (secondary N) is 1. The molecule has 0 aliphatic rings. The van der Waals surface area contributed by atoms with E-state index >= 15 is 0 Å². The van der Waals surface area contributed by atoms with Crippen molar-refractivity contribution in [1.29, 1.82) is 0 Å². The minimum atomic E-state index is -0.757. The normalized spacial score (nSPS) is 11.9. The molecule has 0 radical (unpaired) electrons. The van der Waals surface area contributed by atoms with Gasteiger partial charge in [0.05, 0.1) is 5.75 Å². The number of carbonyl (C=O) groups is 2. The molecule has 22 heavy (non-hydrogen) atoms. The highest BCUT2D eigenvalue weighted by Crippen LogP contribution is 2.28. The summed E-state index contributed by atoms with van der Waals surface area (Å²) in [5.41, 5.74) is 2.22. The predicted molar refractivity (Wildman–Crippen MR) is 93.2 cm³/mol. The molecule has 4 nitrogen and oxygen atoms in total.